The van der Waals surface area contributed by atoms with Gasteiger partial charge < -0.3 is 15.7 Å². The van der Waals surface area contributed by atoms with Crippen molar-refractivity contribution in [3.8, 4) is 0 Å². The number of aromatic nitrogens is 1. The Labute approximate surface area is 85.2 Å². The third kappa shape index (κ3) is 1.46. The molecular formula is C8H11N3O2S. The number of β-amino-alcohol motifs (C(OH)–C–C–N with tert-alkyl or cyclic N) is 1. The smallest absolute Gasteiger partial charge is 0.314 e. The van der Waals surface area contributed by atoms with Crippen LogP contribution in [0.1, 0.15) is 11.4 Å². The van der Waals surface area contributed by atoms with Gasteiger partial charge in [-0.1, -0.05) is 0 Å². The molecule has 0 spiro atoms. The summed E-state index contributed by atoms with van der Waals surface area (Å²) in [6.45, 7) is 0.737. The van der Waals surface area contributed by atoms with Crippen LogP contribution in [0.2, 0.25) is 0 Å². The van der Waals surface area contributed by atoms with Gasteiger partial charge in [-0.25, -0.2) is 9.78 Å². The average molecular weight is 213 g/mol. The van der Waals surface area contributed by atoms with Crippen LogP contribution < -0.4 is 5.73 Å². The molecule has 0 aromatic carbocycles. The second-order valence-corrected chi connectivity index (χ2v) is 4.27. The summed E-state index contributed by atoms with van der Waals surface area (Å²) in [5.41, 5.74) is 4.13. The largest absolute Gasteiger partial charge is 0.381 e. The Balaban J connectivity index is 2.17. The van der Waals surface area contributed by atoms with Crippen molar-refractivity contribution in [3.63, 3.8) is 0 Å². The molecule has 0 saturated carbocycles. The van der Waals surface area contributed by atoms with Gasteiger partial charge in [0.2, 0.25) is 0 Å². The fourth-order valence-electron chi connectivity index (χ4n) is 1.61. The highest BCUT2D eigenvalue weighted by Crippen LogP contribution is 2.32. The van der Waals surface area contributed by atoms with Crippen molar-refractivity contribution in [1.29, 1.82) is 0 Å². The molecule has 0 bridgehead atoms. The number of thiazole rings is 1. The third-order valence-corrected chi connectivity index (χ3v) is 3.36. The van der Waals surface area contributed by atoms with E-state index in [-0.39, 0.29) is 6.54 Å². The van der Waals surface area contributed by atoms with E-state index >= 15 is 0 Å². The first-order valence-corrected chi connectivity index (χ1v) is 5.16. The molecule has 5 nitrogen and oxygen atoms in total. The van der Waals surface area contributed by atoms with Crippen molar-refractivity contribution < 1.29 is 9.90 Å². The predicted molar refractivity (Wildman–Crippen MR) is 51.8 cm³/mol. The van der Waals surface area contributed by atoms with E-state index in [9.17, 15) is 9.90 Å². The summed E-state index contributed by atoms with van der Waals surface area (Å²) in [4.78, 5) is 16.4. The Hall–Kier alpha value is -1.14. The molecule has 1 aromatic rings. The minimum Gasteiger partial charge on any atom is -0.381 e. The summed E-state index contributed by atoms with van der Waals surface area (Å²) in [7, 11) is 0. The van der Waals surface area contributed by atoms with Gasteiger partial charge in [0.25, 0.3) is 0 Å². The predicted octanol–water partition coefficient (Wildman–Crippen LogP) is 0.115. The number of rotatable bonds is 1. The van der Waals surface area contributed by atoms with Crippen LogP contribution in [0.5, 0.6) is 0 Å². The number of likely N-dealkylation sites (tertiary alicyclic amines) is 1. The molecule has 0 radical (unpaired) electrons. The SMILES string of the molecule is NC(=O)N1CCC(O)(c2nccs2)C1. The highest BCUT2D eigenvalue weighted by Gasteiger charge is 2.40. The topological polar surface area (TPSA) is 79.5 Å². The highest BCUT2D eigenvalue weighted by atomic mass is 32.1. The van der Waals surface area contributed by atoms with Gasteiger partial charge in [0, 0.05) is 24.5 Å². The number of urea groups is 1. The maximum absolute atomic E-state index is 10.9. The Morgan fingerprint density at radius 1 is 1.79 bits per heavy atom. The summed E-state index contributed by atoms with van der Waals surface area (Å²) >= 11 is 1.39. The minimum atomic E-state index is -0.997. The average Bonchev–Trinajstić information content (AvgIpc) is 2.71. The lowest BCUT2D eigenvalue weighted by atomic mass is 10.1. The lowest BCUT2D eigenvalue weighted by molar-refractivity contribution is 0.0496. The van der Waals surface area contributed by atoms with E-state index < -0.39 is 11.6 Å². The number of hydrogen-bond donors (Lipinski definition) is 2. The van der Waals surface area contributed by atoms with Gasteiger partial charge in [-0.2, -0.15) is 0 Å². The molecule has 1 aliphatic rings. The number of primary amides is 1. The molecule has 1 aliphatic heterocycles. The summed E-state index contributed by atoms with van der Waals surface area (Å²) in [5, 5.41) is 12.6. The summed E-state index contributed by atoms with van der Waals surface area (Å²) in [6.07, 6.45) is 2.15. The number of carbonyl (C=O) groups is 1. The molecule has 1 atom stereocenters. The van der Waals surface area contributed by atoms with Crippen LogP contribution in [0.4, 0.5) is 4.79 Å². The zero-order chi connectivity index (χ0) is 10.2. The van der Waals surface area contributed by atoms with Crippen molar-refractivity contribution in [2.24, 2.45) is 5.73 Å². The monoisotopic (exact) mass is 213 g/mol. The number of carbonyl (C=O) groups excluding carboxylic acids is 1. The van der Waals surface area contributed by atoms with E-state index in [1.54, 1.807) is 11.6 Å². The zero-order valence-corrected chi connectivity index (χ0v) is 8.33. The van der Waals surface area contributed by atoms with Crippen LogP contribution in [0.25, 0.3) is 0 Å². The van der Waals surface area contributed by atoms with E-state index in [0.29, 0.717) is 18.0 Å². The second-order valence-electron chi connectivity index (χ2n) is 3.38. The molecule has 6 heteroatoms. The molecular weight excluding hydrogens is 202 g/mol. The molecule has 0 aliphatic carbocycles. The van der Waals surface area contributed by atoms with E-state index in [1.807, 2.05) is 0 Å². The van der Waals surface area contributed by atoms with Crippen molar-refractivity contribution in [2.45, 2.75) is 12.0 Å². The van der Waals surface area contributed by atoms with Crippen molar-refractivity contribution in [1.82, 2.24) is 9.88 Å². The zero-order valence-electron chi connectivity index (χ0n) is 7.51. The Bertz CT molecular complexity index is 340. The number of amides is 2. The molecule has 14 heavy (non-hydrogen) atoms. The van der Waals surface area contributed by atoms with Crippen LogP contribution in [0.3, 0.4) is 0 Å². The van der Waals surface area contributed by atoms with Gasteiger partial charge in [-0.15, -0.1) is 11.3 Å². The Morgan fingerprint density at radius 2 is 2.57 bits per heavy atom. The Morgan fingerprint density at radius 3 is 3.07 bits per heavy atom. The third-order valence-electron chi connectivity index (χ3n) is 2.39. The fourth-order valence-corrected chi connectivity index (χ4v) is 2.37. The van der Waals surface area contributed by atoms with Gasteiger partial charge in [-0.05, 0) is 0 Å². The van der Waals surface area contributed by atoms with Crippen LogP contribution in [-0.4, -0.2) is 34.1 Å². The first kappa shape index (κ1) is 9.42. The van der Waals surface area contributed by atoms with E-state index in [2.05, 4.69) is 4.98 Å². The normalized spacial score (nSPS) is 26.8. The molecule has 1 saturated heterocycles. The van der Waals surface area contributed by atoms with Crippen molar-refractivity contribution >= 4 is 17.4 Å². The first-order chi connectivity index (χ1) is 6.62. The van der Waals surface area contributed by atoms with E-state index in [0.717, 1.165) is 0 Å². The van der Waals surface area contributed by atoms with Crippen LogP contribution >= 0.6 is 11.3 Å². The van der Waals surface area contributed by atoms with E-state index in [1.165, 1.54) is 16.2 Å². The van der Waals surface area contributed by atoms with Gasteiger partial charge in [0.15, 0.2) is 0 Å². The summed E-state index contributed by atoms with van der Waals surface area (Å²) < 4.78 is 0. The van der Waals surface area contributed by atoms with Crippen LogP contribution in [0, 0.1) is 0 Å². The van der Waals surface area contributed by atoms with E-state index in [4.69, 9.17) is 5.73 Å². The molecule has 3 N–H and O–H groups in total. The molecule has 1 unspecified atom stereocenters. The lowest BCUT2D eigenvalue weighted by Crippen LogP contribution is -2.37. The Kier molecular flexibility index (Phi) is 2.16. The van der Waals surface area contributed by atoms with Gasteiger partial charge in [-0.3, -0.25) is 0 Å². The fraction of sp³-hybridized carbons (Fsp3) is 0.500. The minimum absolute atomic E-state index is 0.246. The summed E-state index contributed by atoms with van der Waals surface area (Å²) in [6, 6.07) is -0.488. The number of aliphatic hydroxyl groups is 1. The standard InChI is InChI=1S/C8H11N3O2S/c9-7(12)11-3-1-8(13,5-11)6-10-2-4-14-6/h2,4,13H,1,3,5H2,(H2,9,12). The summed E-state index contributed by atoms with van der Waals surface area (Å²) in [5.74, 6) is 0. The van der Waals surface area contributed by atoms with Gasteiger partial charge in [0.1, 0.15) is 10.6 Å². The molecule has 1 aromatic heterocycles. The molecule has 76 valence electrons. The molecule has 1 fully saturated rings. The number of hydrogen-bond acceptors (Lipinski definition) is 4. The van der Waals surface area contributed by atoms with Crippen molar-refractivity contribution in [2.75, 3.05) is 13.1 Å². The van der Waals surface area contributed by atoms with Gasteiger partial charge >= 0.3 is 6.03 Å². The number of nitrogens with two attached hydrogens (primary N) is 1. The second kappa shape index (κ2) is 3.21. The first-order valence-electron chi connectivity index (χ1n) is 4.28. The highest BCUT2D eigenvalue weighted by molar-refractivity contribution is 7.09. The lowest BCUT2D eigenvalue weighted by Gasteiger charge is -2.19. The maximum Gasteiger partial charge on any atom is 0.314 e. The van der Waals surface area contributed by atoms with Crippen LogP contribution in [0.15, 0.2) is 11.6 Å². The quantitative estimate of drug-likeness (QED) is 0.695. The molecule has 2 rings (SSSR count). The maximum atomic E-state index is 10.9. The van der Waals surface area contributed by atoms with Crippen LogP contribution in [-0.2, 0) is 5.60 Å². The molecule has 2 heterocycles. The van der Waals surface area contributed by atoms with Crippen molar-refractivity contribution in [3.05, 3.63) is 16.6 Å². The molecule has 2 amide bonds. The van der Waals surface area contributed by atoms with Gasteiger partial charge in [0.05, 0.1) is 6.54 Å². The number of nitrogens with zero attached hydrogens (tertiary/aromatic N) is 2.